The van der Waals surface area contributed by atoms with Crippen LogP contribution in [-0.4, -0.2) is 58.4 Å². The van der Waals surface area contributed by atoms with Gasteiger partial charge in [-0.2, -0.15) is 31.0 Å². The summed E-state index contributed by atoms with van der Waals surface area (Å²) in [7, 11) is -6.42. The molecular formula is C50H41F4N5O6S. The van der Waals surface area contributed by atoms with Crippen molar-refractivity contribution in [3.8, 4) is 0 Å². The number of alkyl halides is 3. The lowest BCUT2D eigenvalue weighted by Gasteiger charge is -2.41. The second-order valence-corrected chi connectivity index (χ2v) is 17.0. The predicted molar refractivity (Wildman–Crippen MR) is 236 cm³/mol. The van der Waals surface area contributed by atoms with Crippen LogP contribution in [0.2, 0.25) is 0 Å². The number of benzene rings is 6. The molecule has 11 nitrogen and oxygen atoms in total. The van der Waals surface area contributed by atoms with Crippen molar-refractivity contribution in [2.24, 2.45) is 5.73 Å². The Balaban J connectivity index is 1.30. The Morgan fingerprint density at radius 2 is 1.02 bits per heavy atom. The molecule has 0 radical (unpaired) electrons. The minimum Gasteiger partial charge on any atom is -0.358 e. The standard InChI is InChI=1S/C50H41F4N5O6S/c51-47-57-40(31-55)42-45(58-47)59(33-56-42)46-44(65-66(60,61)50(52,53)54)43(64-49(37-25-13-4-14-26-37,38-27-15-5-16-28-38)39-29-17-6-18-30-39)41(63-46)32-62-48(34-19-7-1-8-20-34,35-21-9-2-10-22-35)36-23-11-3-12-24-36/h1-30,33,41,43-44,46H,31-32,55H2/t41-,43-,44-,46-/m1/s1. The van der Waals surface area contributed by atoms with Gasteiger partial charge in [0.1, 0.15) is 28.9 Å². The lowest BCUT2D eigenvalue weighted by atomic mass is 9.79. The Morgan fingerprint density at radius 1 is 0.606 bits per heavy atom. The van der Waals surface area contributed by atoms with Gasteiger partial charge in [-0.15, -0.1) is 0 Å². The maximum absolute atomic E-state index is 15.1. The summed E-state index contributed by atoms with van der Waals surface area (Å²) in [6.07, 6.45) is -7.29. The Bertz CT molecular complexity index is 2800. The smallest absolute Gasteiger partial charge is 0.358 e. The van der Waals surface area contributed by atoms with Gasteiger partial charge in [0.15, 0.2) is 18.0 Å². The summed E-state index contributed by atoms with van der Waals surface area (Å²) in [5, 5.41) is 0. The highest BCUT2D eigenvalue weighted by Gasteiger charge is 2.58. The molecule has 8 aromatic rings. The summed E-state index contributed by atoms with van der Waals surface area (Å²) < 4.78 is 114. The van der Waals surface area contributed by atoms with E-state index in [1.807, 2.05) is 91.0 Å². The molecule has 6 aromatic carbocycles. The minimum atomic E-state index is -6.42. The third-order valence-corrected chi connectivity index (χ3v) is 12.6. The van der Waals surface area contributed by atoms with Gasteiger partial charge in [0.2, 0.25) is 0 Å². The van der Waals surface area contributed by atoms with Crippen LogP contribution in [0.1, 0.15) is 45.3 Å². The third kappa shape index (κ3) is 8.16. The molecule has 66 heavy (non-hydrogen) atoms. The molecule has 4 atom stereocenters. The van der Waals surface area contributed by atoms with Crippen molar-refractivity contribution in [1.29, 1.82) is 0 Å². The van der Waals surface area contributed by atoms with Crippen LogP contribution in [0, 0.1) is 6.08 Å². The molecule has 0 saturated carbocycles. The van der Waals surface area contributed by atoms with E-state index >= 15 is 4.39 Å². The van der Waals surface area contributed by atoms with Gasteiger partial charge < -0.3 is 19.9 Å². The molecule has 1 aliphatic rings. The first-order chi connectivity index (χ1) is 32.0. The van der Waals surface area contributed by atoms with Crippen molar-refractivity contribution in [3.05, 3.63) is 233 Å². The number of ether oxygens (including phenoxy) is 3. The van der Waals surface area contributed by atoms with Crippen LogP contribution in [0.25, 0.3) is 11.2 Å². The largest absolute Gasteiger partial charge is 0.523 e. The summed E-state index contributed by atoms with van der Waals surface area (Å²) in [6, 6.07) is 54.9. The SMILES string of the molecule is NCc1nc(F)nc2c1ncn2[C@@H]1O[C@H](COC(c2ccccc2)(c2ccccc2)c2ccccc2)[C@@H](OC(c2ccccc2)(c2ccccc2)c2ccccc2)[C@H]1OS(=O)(=O)C(F)(F)F. The first-order valence-corrected chi connectivity index (χ1v) is 22.3. The van der Waals surface area contributed by atoms with Crippen LogP contribution in [0.15, 0.2) is 188 Å². The second kappa shape index (κ2) is 18.3. The van der Waals surface area contributed by atoms with Gasteiger partial charge in [-0.05, 0) is 33.4 Å². The van der Waals surface area contributed by atoms with E-state index in [0.717, 1.165) is 10.9 Å². The summed E-state index contributed by atoms with van der Waals surface area (Å²) >= 11 is 0. The van der Waals surface area contributed by atoms with Crippen molar-refractivity contribution in [2.75, 3.05) is 6.61 Å². The predicted octanol–water partition coefficient (Wildman–Crippen LogP) is 8.94. The molecule has 1 aliphatic heterocycles. The van der Waals surface area contributed by atoms with E-state index in [-0.39, 0.29) is 23.4 Å². The fourth-order valence-electron chi connectivity index (χ4n) is 8.69. The Kier molecular flexibility index (Phi) is 12.4. The van der Waals surface area contributed by atoms with Crippen molar-refractivity contribution < 1.29 is 44.4 Å². The van der Waals surface area contributed by atoms with Crippen LogP contribution >= 0.6 is 0 Å². The highest BCUT2D eigenvalue weighted by molar-refractivity contribution is 7.87. The molecule has 9 rings (SSSR count). The van der Waals surface area contributed by atoms with Crippen LogP contribution in [-0.2, 0) is 46.3 Å². The molecule has 336 valence electrons. The third-order valence-electron chi connectivity index (χ3n) is 11.6. The molecule has 2 N–H and O–H groups in total. The Hall–Kier alpha value is -6.66. The van der Waals surface area contributed by atoms with Crippen molar-refractivity contribution in [3.63, 3.8) is 0 Å². The van der Waals surface area contributed by atoms with E-state index in [2.05, 4.69) is 15.0 Å². The molecule has 2 aromatic heterocycles. The first kappa shape index (κ1) is 44.5. The number of nitrogens with zero attached hydrogens (tertiary/aromatic N) is 4. The van der Waals surface area contributed by atoms with E-state index in [4.69, 9.17) is 24.1 Å². The highest BCUT2D eigenvalue weighted by Crippen LogP contribution is 2.48. The molecule has 0 aliphatic carbocycles. The number of rotatable bonds is 15. The van der Waals surface area contributed by atoms with E-state index in [9.17, 15) is 21.6 Å². The summed E-state index contributed by atoms with van der Waals surface area (Å²) in [4.78, 5) is 12.0. The van der Waals surface area contributed by atoms with Gasteiger partial charge in [-0.3, -0.25) is 8.75 Å². The zero-order valence-corrected chi connectivity index (χ0v) is 35.7. The summed E-state index contributed by atoms with van der Waals surface area (Å²) in [5.41, 5.74) is 0.341. The number of hydrogen-bond acceptors (Lipinski definition) is 10. The normalized spacial score (nSPS) is 18.1. The molecule has 0 amide bonds. The summed E-state index contributed by atoms with van der Waals surface area (Å²) in [6.45, 7) is -0.735. The Labute approximate surface area is 377 Å². The molecule has 0 unspecified atom stereocenters. The highest BCUT2D eigenvalue weighted by atomic mass is 32.2. The van der Waals surface area contributed by atoms with Crippen molar-refractivity contribution in [1.82, 2.24) is 19.5 Å². The topological polar surface area (TPSA) is 141 Å². The van der Waals surface area contributed by atoms with Gasteiger partial charge >= 0.3 is 21.7 Å². The molecule has 0 bridgehead atoms. The number of fused-ring (bicyclic) bond motifs is 1. The van der Waals surface area contributed by atoms with Crippen LogP contribution < -0.4 is 5.73 Å². The van der Waals surface area contributed by atoms with E-state index in [1.54, 1.807) is 91.0 Å². The number of halogens is 4. The lowest BCUT2D eigenvalue weighted by Crippen LogP contribution is -2.48. The second-order valence-electron chi connectivity index (χ2n) is 15.4. The maximum atomic E-state index is 15.1. The number of hydrogen-bond donors (Lipinski definition) is 1. The molecule has 1 saturated heterocycles. The molecule has 3 heterocycles. The zero-order chi connectivity index (χ0) is 45.9. The van der Waals surface area contributed by atoms with E-state index in [0.29, 0.717) is 33.4 Å². The van der Waals surface area contributed by atoms with Crippen molar-refractivity contribution in [2.45, 2.75) is 47.8 Å². The van der Waals surface area contributed by atoms with E-state index < -0.39 is 64.1 Å². The quantitative estimate of drug-likeness (QED) is 0.0349. The van der Waals surface area contributed by atoms with Gasteiger partial charge in [0.25, 0.3) is 0 Å². The lowest BCUT2D eigenvalue weighted by molar-refractivity contribution is -0.131. The molecule has 16 heteroatoms. The van der Waals surface area contributed by atoms with Gasteiger partial charge in [-0.1, -0.05) is 182 Å². The number of nitrogens with two attached hydrogens (primary N) is 1. The number of imidazole rings is 1. The van der Waals surface area contributed by atoms with Gasteiger partial charge in [0, 0.05) is 6.54 Å². The first-order valence-electron chi connectivity index (χ1n) is 20.9. The Morgan fingerprint density at radius 3 is 1.41 bits per heavy atom. The summed E-state index contributed by atoms with van der Waals surface area (Å²) in [5.74, 6) is 0. The fourth-order valence-corrected chi connectivity index (χ4v) is 9.29. The number of aromatic nitrogens is 4. The van der Waals surface area contributed by atoms with Crippen LogP contribution in [0.4, 0.5) is 17.6 Å². The molecular weight excluding hydrogens is 875 g/mol. The monoisotopic (exact) mass is 915 g/mol. The van der Waals surface area contributed by atoms with Gasteiger partial charge in [0.05, 0.1) is 18.6 Å². The van der Waals surface area contributed by atoms with Crippen LogP contribution in [0.5, 0.6) is 0 Å². The van der Waals surface area contributed by atoms with Crippen molar-refractivity contribution >= 4 is 21.3 Å². The van der Waals surface area contributed by atoms with Gasteiger partial charge in [-0.25, -0.2) is 9.97 Å². The van der Waals surface area contributed by atoms with E-state index in [1.165, 1.54) is 0 Å². The maximum Gasteiger partial charge on any atom is 0.523 e. The zero-order valence-electron chi connectivity index (χ0n) is 34.9. The fraction of sp³-hybridized carbons (Fsp3) is 0.180. The average Bonchev–Trinajstić information content (AvgIpc) is 3.92. The average molecular weight is 916 g/mol. The van der Waals surface area contributed by atoms with Crippen LogP contribution in [0.3, 0.4) is 0 Å². The molecule has 1 fully saturated rings. The minimum absolute atomic E-state index is 0.000509. The molecule has 0 spiro atoms.